The molecule has 3 rings (SSSR count). The first kappa shape index (κ1) is 20.2. The van der Waals surface area contributed by atoms with E-state index in [0.29, 0.717) is 0 Å². The number of carboxylic acid groups (broad SMARTS) is 1. The predicted octanol–water partition coefficient (Wildman–Crippen LogP) is 2.01. The number of nitrogens with zero attached hydrogens (tertiary/aromatic N) is 3. The van der Waals surface area contributed by atoms with Gasteiger partial charge in [-0.2, -0.15) is 4.98 Å². The molecule has 0 aliphatic carbocycles. The molecule has 150 valence electrons. The van der Waals surface area contributed by atoms with E-state index in [9.17, 15) is 14.7 Å². The van der Waals surface area contributed by atoms with Crippen LogP contribution in [0, 0.1) is 5.41 Å². The maximum absolute atomic E-state index is 12.8. The zero-order chi connectivity index (χ0) is 20.5. The molecule has 0 aromatic carbocycles. The number of aromatic nitrogens is 2. The molecule has 0 radical (unpaired) electrons. The van der Waals surface area contributed by atoms with Gasteiger partial charge in [0.05, 0.1) is 23.2 Å². The first-order valence-electron chi connectivity index (χ1n) is 8.99. The summed E-state index contributed by atoms with van der Waals surface area (Å²) < 4.78 is 5.82. The predicted molar refractivity (Wildman–Crippen MR) is 105 cm³/mol. The Morgan fingerprint density at radius 2 is 2.14 bits per heavy atom. The zero-order valence-electron chi connectivity index (χ0n) is 16.0. The van der Waals surface area contributed by atoms with Crippen LogP contribution in [-0.4, -0.2) is 56.6 Å². The normalized spacial score (nSPS) is 20.8. The molecular formula is C19H24N4O4S. The van der Waals surface area contributed by atoms with Crippen LogP contribution in [0.3, 0.4) is 0 Å². The molecule has 2 aromatic heterocycles. The Hall–Kier alpha value is -2.52. The summed E-state index contributed by atoms with van der Waals surface area (Å²) in [5.74, 6) is -1.46. The lowest BCUT2D eigenvalue weighted by atomic mass is 9.86. The number of rotatable bonds is 5. The van der Waals surface area contributed by atoms with Crippen LogP contribution in [0.5, 0.6) is 6.01 Å². The number of carboxylic acids is 1. The molecule has 1 aliphatic rings. The standard InChI is InChI=1S/C19H24N4O4S/c1-19(2,3)15(20)16(24)23-10-11(9-13(23)17(25)26)27-18-21-7-6-12(22-18)14-5-4-8-28-14/h4-8,11,13,15H,9-10,20H2,1-3H3,(H,25,26). The van der Waals surface area contributed by atoms with Crippen molar-refractivity contribution in [1.29, 1.82) is 0 Å². The number of hydrogen-bond acceptors (Lipinski definition) is 7. The van der Waals surface area contributed by atoms with Crippen molar-refractivity contribution in [2.75, 3.05) is 6.54 Å². The lowest BCUT2D eigenvalue weighted by molar-refractivity contribution is -0.149. The Morgan fingerprint density at radius 1 is 1.39 bits per heavy atom. The summed E-state index contributed by atoms with van der Waals surface area (Å²) in [6.45, 7) is 5.67. The third kappa shape index (κ3) is 4.31. The number of nitrogens with two attached hydrogens (primary N) is 1. The minimum absolute atomic E-state index is 0.131. The Balaban J connectivity index is 1.75. The van der Waals surface area contributed by atoms with Crippen LogP contribution in [0.1, 0.15) is 27.2 Å². The summed E-state index contributed by atoms with van der Waals surface area (Å²) in [6.07, 6.45) is 1.24. The Morgan fingerprint density at radius 3 is 2.75 bits per heavy atom. The van der Waals surface area contributed by atoms with Crippen LogP contribution in [0.15, 0.2) is 29.8 Å². The van der Waals surface area contributed by atoms with Crippen molar-refractivity contribution < 1.29 is 19.4 Å². The van der Waals surface area contributed by atoms with Gasteiger partial charge in [-0.05, 0) is 22.9 Å². The van der Waals surface area contributed by atoms with Crippen LogP contribution in [0.4, 0.5) is 0 Å². The maximum atomic E-state index is 12.8. The lowest BCUT2D eigenvalue weighted by Gasteiger charge is -2.31. The topological polar surface area (TPSA) is 119 Å². The average Bonchev–Trinajstić information content (AvgIpc) is 3.30. The number of aliphatic carboxylic acids is 1. The molecule has 9 heteroatoms. The van der Waals surface area contributed by atoms with E-state index >= 15 is 0 Å². The number of carbonyl (C=O) groups excluding carboxylic acids is 1. The van der Waals surface area contributed by atoms with E-state index in [4.69, 9.17) is 10.5 Å². The van der Waals surface area contributed by atoms with Crippen LogP contribution >= 0.6 is 11.3 Å². The molecule has 0 saturated carbocycles. The Kier molecular flexibility index (Phi) is 5.66. The highest BCUT2D eigenvalue weighted by molar-refractivity contribution is 7.13. The van der Waals surface area contributed by atoms with Gasteiger partial charge in [0.25, 0.3) is 0 Å². The molecule has 0 bridgehead atoms. The van der Waals surface area contributed by atoms with E-state index in [0.717, 1.165) is 10.6 Å². The molecule has 2 aromatic rings. The van der Waals surface area contributed by atoms with Gasteiger partial charge in [-0.1, -0.05) is 26.8 Å². The maximum Gasteiger partial charge on any atom is 0.326 e. The lowest BCUT2D eigenvalue weighted by Crippen LogP contribution is -2.53. The second kappa shape index (κ2) is 7.84. The molecule has 3 atom stereocenters. The average molecular weight is 404 g/mol. The molecule has 3 unspecified atom stereocenters. The van der Waals surface area contributed by atoms with Crippen molar-refractivity contribution >= 4 is 23.2 Å². The minimum Gasteiger partial charge on any atom is -0.480 e. The number of carbonyl (C=O) groups is 2. The van der Waals surface area contributed by atoms with Gasteiger partial charge in [-0.25, -0.2) is 9.78 Å². The van der Waals surface area contributed by atoms with E-state index in [2.05, 4.69) is 9.97 Å². The highest BCUT2D eigenvalue weighted by Gasteiger charge is 2.44. The Labute approximate surface area is 167 Å². The van der Waals surface area contributed by atoms with E-state index in [-0.39, 0.29) is 24.9 Å². The third-order valence-corrected chi connectivity index (χ3v) is 5.60. The summed E-state index contributed by atoms with van der Waals surface area (Å²) in [6, 6.07) is 4.04. The number of hydrogen-bond donors (Lipinski definition) is 2. The van der Waals surface area contributed by atoms with Gasteiger partial charge in [-0.3, -0.25) is 4.79 Å². The number of ether oxygens (including phenoxy) is 1. The van der Waals surface area contributed by atoms with E-state index in [1.54, 1.807) is 23.6 Å². The molecule has 1 fully saturated rings. The second-order valence-electron chi connectivity index (χ2n) is 7.87. The van der Waals surface area contributed by atoms with Gasteiger partial charge in [-0.15, -0.1) is 11.3 Å². The van der Waals surface area contributed by atoms with E-state index in [1.165, 1.54) is 4.90 Å². The van der Waals surface area contributed by atoms with E-state index in [1.807, 2.05) is 38.3 Å². The van der Waals surface area contributed by atoms with Gasteiger partial charge >= 0.3 is 12.0 Å². The van der Waals surface area contributed by atoms with Crippen LogP contribution < -0.4 is 10.5 Å². The molecule has 3 heterocycles. The van der Waals surface area contributed by atoms with Gasteiger partial charge in [0.15, 0.2) is 0 Å². The SMILES string of the molecule is CC(C)(C)C(N)C(=O)N1CC(Oc2nccc(-c3cccs3)n2)CC1C(=O)O. The fourth-order valence-corrected chi connectivity index (χ4v) is 3.71. The highest BCUT2D eigenvalue weighted by Crippen LogP contribution is 2.28. The van der Waals surface area contributed by atoms with Crippen molar-refractivity contribution in [2.45, 2.75) is 45.4 Å². The second-order valence-corrected chi connectivity index (χ2v) is 8.81. The first-order chi connectivity index (χ1) is 13.2. The van der Waals surface area contributed by atoms with Crippen molar-refractivity contribution in [3.05, 3.63) is 29.8 Å². The molecule has 8 nitrogen and oxygen atoms in total. The first-order valence-corrected chi connectivity index (χ1v) is 9.87. The number of thiophene rings is 1. The van der Waals surface area contributed by atoms with Gasteiger partial charge in [0.1, 0.15) is 12.1 Å². The van der Waals surface area contributed by atoms with Crippen molar-refractivity contribution in [3.63, 3.8) is 0 Å². The summed E-state index contributed by atoms with van der Waals surface area (Å²) in [7, 11) is 0. The smallest absolute Gasteiger partial charge is 0.326 e. The van der Waals surface area contributed by atoms with Crippen LogP contribution in [0.25, 0.3) is 10.6 Å². The van der Waals surface area contributed by atoms with Crippen molar-refractivity contribution in [1.82, 2.24) is 14.9 Å². The number of likely N-dealkylation sites (tertiary alicyclic amines) is 1. The van der Waals surface area contributed by atoms with Crippen molar-refractivity contribution in [2.24, 2.45) is 11.1 Å². The molecule has 0 spiro atoms. The van der Waals surface area contributed by atoms with Gasteiger partial charge in [0.2, 0.25) is 5.91 Å². The summed E-state index contributed by atoms with van der Waals surface area (Å²) >= 11 is 1.55. The zero-order valence-corrected chi connectivity index (χ0v) is 16.8. The Bertz CT molecular complexity index is 850. The monoisotopic (exact) mass is 404 g/mol. The van der Waals surface area contributed by atoms with Crippen LogP contribution in [0.2, 0.25) is 0 Å². The fraction of sp³-hybridized carbons (Fsp3) is 0.474. The van der Waals surface area contributed by atoms with Crippen molar-refractivity contribution in [3.8, 4) is 16.6 Å². The fourth-order valence-electron chi connectivity index (χ4n) is 3.02. The largest absolute Gasteiger partial charge is 0.480 e. The molecule has 1 aliphatic heterocycles. The number of amides is 1. The summed E-state index contributed by atoms with van der Waals surface area (Å²) in [4.78, 5) is 35.2. The molecular weight excluding hydrogens is 380 g/mol. The quantitative estimate of drug-likeness (QED) is 0.782. The highest BCUT2D eigenvalue weighted by atomic mass is 32.1. The molecule has 3 N–H and O–H groups in total. The third-order valence-electron chi connectivity index (χ3n) is 4.71. The summed E-state index contributed by atoms with van der Waals surface area (Å²) in [5, 5.41) is 11.5. The molecule has 1 amide bonds. The van der Waals surface area contributed by atoms with Gasteiger partial charge < -0.3 is 20.5 Å². The van der Waals surface area contributed by atoms with Crippen LogP contribution in [-0.2, 0) is 9.59 Å². The molecule has 1 saturated heterocycles. The molecule has 28 heavy (non-hydrogen) atoms. The minimum atomic E-state index is -1.08. The summed E-state index contributed by atoms with van der Waals surface area (Å²) in [5.41, 5.74) is 6.32. The van der Waals surface area contributed by atoms with E-state index < -0.39 is 29.6 Å². The van der Waals surface area contributed by atoms with Gasteiger partial charge in [0, 0.05) is 12.6 Å².